The van der Waals surface area contributed by atoms with Crippen LogP contribution in [0.3, 0.4) is 0 Å². The third-order valence-electron chi connectivity index (χ3n) is 8.83. The summed E-state index contributed by atoms with van der Waals surface area (Å²) in [6, 6.07) is 12.4. The van der Waals surface area contributed by atoms with E-state index in [1.165, 1.54) is 18.9 Å². The summed E-state index contributed by atoms with van der Waals surface area (Å²) in [6.45, 7) is 2.85. The molecular weight excluding hydrogens is 542 g/mol. The van der Waals surface area contributed by atoms with E-state index in [1.807, 2.05) is 36.4 Å². The number of nitrogens with one attached hydrogen (secondary N) is 1. The predicted octanol–water partition coefficient (Wildman–Crippen LogP) is 4.01. The van der Waals surface area contributed by atoms with Gasteiger partial charge < -0.3 is 19.9 Å². The number of piperazine rings is 1. The number of rotatable bonds is 9. The molecule has 0 spiro atoms. The molecule has 4 aliphatic rings. The number of halogens is 2. The van der Waals surface area contributed by atoms with Crippen LogP contribution in [0.15, 0.2) is 48.5 Å². The van der Waals surface area contributed by atoms with E-state index in [4.69, 9.17) is 4.74 Å². The van der Waals surface area contributed by atoms with Crippen LogP contribution < -0.4 is 5.32 Å². The Kier molecular flexibility index (Phi) is 8.42. The average Bonchev–Trinajstić information content (AvgIpc) is 3.94. The summed E-state index contributed by atoms with van der Waals surface area (Å²) in [5, 5.41) is 2.94. The first-order chi connectivity index (χ1) is 20.4. The zero-order valence-electron chi connectivity index (χ0n) is 23.7. The van der Waals surface area contributed by atoms with E-state index in [0.29, 0.717) is 24.2 Å². The van der Waals surface area contributed by atoms with Gasteiger partial charge in [-0.2, -0.15) is 0 Å². The number of alkyl halides is 1. The highest BCUT2D eigenvalue weighted by Gasteiger charge is 2.41. The molecule has 10 heteroatoms. The first kappa shape index (κ1) is 28.6. The lowest BCUT2D eigenvalue weighted by Gasteiger charge is -2.34. The van der Waals surface area contributed by atoms with Crippen molar-refractivity contribution in [3.63, 3.8) is 0 Å². The van der Waals surface area contributed by atoms with Gasteiger partial charge in [-0.1, -0.05) is 42.5 Å². The maximum Gasteiger partial charge on any atom is 0.410 e. The summed E-state index contributed by atoms with van der Waals surface area (Å²) in [6.07, 6.45) is 2.37. The molecule has 2 heterocycles. The summed E-state index contributed by atoms with van der Waals surface area (Å²) in [5.74, 6) is -0.440. The van der Waals surface area contributed by atoms with Gasteiger partial charge in [0.2, 0.25) is 5.91 Å². The molecule has 2 saturated heterocycles. The Morgan fingerprint density at radius 2 is 1.69 bits per heavy atom. The van der Waals surface area contributed by atoms with E-state index in [0.717, 1.165) is 48.9 Å². The fraction of sp³-hybridized carbons (Fsp3) is 0.531. The molecular formula is C32H38F2N4O4. The van der Waals surface area contributed by atoms with Crippen LogP contribution in [-0.4, -0.2) is 90.7 Å². The Balaban J connectivity index is 1.08. The number of amides is 3. The first-order valence-electron chi connectivity index (χ1n) is 15.1. The number of likely N-dealkylation sites (tertiary alicyclic amines) is 1. The van der Waals surface area contributed by atoms with Gasteiger partial charge in [0, 0.05) is 39.1 Å². The minimum Gasteiger partial charge on any atom is -0.439 e. The molecule has 2 aromatic rings. The Morgan fingerprint density at radius 3 is 2.36 bits per heavy atom. The van der Waals surface area contributed by atoms with E-state index in [2.05, 4.69) is 10.2 Å². The van der Waals surface area contributed by atoms with Crippen LogP contribution in [0.25, 0.3) is 0 Å². The molecule has 224 valence electrons. The fourth-order valence-corrected chi connectivity index (χ4v) is 6.08. The van der Waals surface area contributed by atoms with Crippen LogP contribution in [-0.2, 0) is 14.3 Å². The molecule has 42 heavy (non-hydrogen) atoms. The summed E-state index contributed by atoms with van der Waals surface area (Å²) in [7, 11) is 0. The van der Waals surface area contributed by atoms with Crippen molar-refractivity contribution in [2.75, 3.05) is 45.9 Å². The molecule has 0 radical (unpaired) electrons. The monoisotopic (exact) mass is 580 g/mol. The molecule has 3 amide bonds. The minimum atomic E-state index is -1.38. The molecule has 2 saturated carbocycles. The molecule has 8 nitrogen and oxygen atoms in total. The van der Waals surface area contributed by atoms with Crippen LogP contribution in [0.2, 0.25) is 0 Å². The lowest BCUT2D eigenvalue weighted by atomic mass is 9.96. The molecule has 1 N–H and O–H groups in total. The Hall–Kier alpha value is -3.53. The molecule has 4 fully saturated rings. The van der Waals surface area contributed by atoms with Crippen LogP contribution in [0.4, 0.5) is 13.6 Å². The largest absolute Gasteiger partial charge is 0.439 e. The normalized spacial score (nSPS) is 23.5. The molecule has 2 aliphatic heterocycles. The standard InChI is InChI=1S/C32H38F2N4O4/c33-25-17-28(38(19-25)29(39)20-42-32(41)37-14-12-36(13-15-37)18-21-6-7-21)31(40)35-30(23-4-2-1-3-5-23)24-10-11-26(22-8-9-22)27(34)16-24/h1-5,10-11,16,21-22,25,28,30H,6-9,12-15,17-20H2,(H,35,40). The smallest absolute Gasteiger partial charge is 0.410 e. The summed E-state index contributed by atoms with van der Waals surface area (Å²) in [5.41, 5.74) is 1.98. The van der Waals surface area contributed by atoms with Gasteiger partial charge in [-0.05, 0) is 60.3 Å². The van der Waals surface area contributed by atoms with Gasteiger partial charge in [0.1, 0.15) is 18.0 Å². The van der Waals surface area contributed by atoms with Gasteiger partial charge in [-0.25, -0.2) is 13.6 Å². The highest BCUT2D eigenvalue weighted by Crippen LogP contribution is 2.42. The van der Waals surface area contributed by atoms with E-state index in [1.54, 1.807) is 11.0 Å². The number of hydrogen-bond acceptors (Lipinski definition) is 5. The van der Waals surface area contributed by atoms with E-state index < -0.39 is 42.8 Å². The quantitative estimate of drug-likeness (QED) is 0.485. The van der Waals surface area contributed by atoms with Gasteiger partial charge in [-0.15, -0.1) is 0 Å². The van der Waals surface area contributed by atoms with Crippen LogP contribution in [0.1, 0.15) is 60.8 Å². The number of nitrogens with zero attached hydrogens (tertiary/aromatic N) is 3. The van der Waals surface area contributed by atoms with Crippen LogP contribution >= 0.6 is 0 Å². The highest BCUT2D eigenvalue weighted by molar-refractivity contribution is 5.90. The maximum atomic E-state index is 15.0. The Bertz CT molecular complexity index is 1290. The second-order valence-corrected chi connectivity index (χ2v) is 12.1. The number of hydrogen-bond donors (Lipinski definition) is 1. The van der Waals surface area contributed by atoms with Crippen molar-refractivity contribution in [3.8, 4) is 0 Å². The van der Waals surface area contributed by atoms with Crippen molar-refractivity contribution < 1.29 is 27.9 Å². The average molecular weight is 581 g/mol. The molecule has 3 atom stereocenters. The zero-order valence-corrected chi connectivity index (χ0v) is 23.7. The molecule has 3 unspecified atom stereocenters. The highest BCUT2D eigenvalue weighted by atomic mass is 19.1. The van der Waals surface area contributed by atoms with Crippen molar-refractivity contribution in [3.05, 3.63) is 71.0 Å². The van der Waals surface area contributed by atoms with Gasteiger partial charge in [0.05, 0.1) is 12.6 Å². The van der Waals surface area contributed by atoms with Crippen molar-refractivity contribution >= 4 is 17.9 Å². The summed E-state index contributed by atoms with van der Waals surface area (Å²) >= 11 is 0. The molecule has 2 aromatic carbocycles. The molecule has 0 aromatic heterocycles. The van der Waals surface area contributed by atoms with Crippen LogP contribution in [0, 0.1) is 11.7 Å². The van der Waals surface area contributed by atoms with Crippen molar-refractivity contribution in [2.45, 2.75) is 56.3 Å². The number of ether oxygens (including phenoxy) is 1. The topological polar surface area (TPSA) is 82.2 Å². The van der Waals surface area contributed by atoms with Gasteiger partial charge >= 0.3 is 6.09 Å². The summed E-state index contributed by atoms with van der Waals surface area (Å²) in [4.78, 5) is 44.3. The second-order valence-electron chi connectivity index (χ2n) is 12.1. The summed E-state index contributed by atoms with van der Waals surface area (Å²) < 4.78 is 34.8. The van der Waals surface area contributed by atoms with Crippen molar-refractivity contribution in [2.24, 2.45) is 5.92 Å². The third-order valence-corrected chi connectivity index (χ3v) is 8.83. The predicted molar refractivity (Wildman–Crippen MR) is 152 cm³/mol. The maximum absolute atomic E-state index is 15.0. The second kappa shape index (κ2) is 12.4. The first-order valence-corrected chi connectivity index (χ1v) is 15.1. The zero-order chi connectivity index (χ0) is 29.2. The van der Waals surface area contributed by atoms with E-state index >= 15 is 0 Å². The minimum absolute atomic E-state index is 0.162. The van der Waals surface area contributed by atoms with Gasteiger partial charge in [0.25, 0.3) is 5.91 Å². The number of carbonyl (C=O) groups excluding carboxylic acids is 3. The number of carbonyl (C=O) groups is 3. The van der Waals surface area contributed by atoms with E-state index in [-0.39, 0.29) is 24.7 Å². The Labute approximate surface area is 245 Å². The van der Waals surface area contributed by atoms with Gasteiger partial charge in [-0.3, -0.25) is 14.5 Å². The fourth-order valence-electron chi connectivity index (χ4n) is 6.08. The van der Waals surface area contributed by atoms with Crippen LogP contribution in [0.5, 0.6) is 0 Å². The lowest BCUT2D eigenvalue weighted by molar-refractivity contribution is -0.141. The Morgan fingerprint density at radius 1 is 0.952 bits per heavy atom. The van der Waals surface area contributed by atoms with Gasteiger partial charge in [0.15, 0.2) is 6.61 Å². The number of benzene rings is 2. The van der Waals surface area contributed by atoms with E-state index in [9.17, 15) is 23.2 Å². The van der Waals surface area contributed by atoms with Crippen molar-refractivity contribution in [1.29, 1.82) is 0 Å². The third kappa shape index (κ3) is 6.75. The van der Waals surface area contributed by atoms with Crippen molar-refractivity contribution in [1.82, 2.24) is 20.0 Å². The molecule has 0 bridgehead atoms. The molecule has 6 rings (SSSR count). The lowest BCUT2D eigenvalue weighted by Crippen LogP contribution is -2.50. The SMILES string of the molecule is O=C(NC(c1ccccc1)c1ccc(C2CC2)c(F)c1)C1CC(F)CN1C(=O)COC(=O)N1CCN(CC2CC2)CC1. The molecule has 2 aliphatic carbocycles.